The highest BCUT2D eigenvalue weighted by molar-refractivity contribution is 7.99. The van der Waals surface area contributed by atoms with E-state index < -0.39 is 0 Å². The Labute approximate surface area is 135 Å². The van der Waals surface area contributed by atoms with Crippen molar-refractivity contribution in [2.24, 2.45) is 7.05 Å². The van der Waals surface area contributed by atoms with Gasteiger partial charge in [-0.1, -0.05) is 0 Å². The Kier molecular flexibility index (Phi) is 4.93. The van der Waals surface area contributed by atoms with Gasteiger partial charge in [0, 0.05) is 51.2 Å². The molecule has 0 bridgehead atoms. The first-order chi connectivity index (χ1) is 10.7. The standard InChI is InChI=1S/C15H24N4O2S/c1-17-10-13(14(16-17)21-2)15(20)19-6-3-5-18(7-8-19)12-4-9-22-11-12/h10,12H,3-9,11H2,1-2H3. The number of rotatable bonds is 3. The van der Waals surface area contributed by atoms with Crippen molar-refractivity contribution in [3.63, 3.8) is 0 Å². The van der Waals surface area contributed by atoms with Crippen molar-refractivity contribution in [3.05, 3.63) is 11.8 Å². The number of aromatic nitrogens is 2. The zero-order valence-corrected chi connectivity index (χ0v) is 14.1. The Morgan fingerprint density at radius 1 is 1.36 bits per heavy atom. The lowest BCUT2D eigenvalue weighted by atomic mass is 10.2. The molecule has 22 heavy (non-hydrogen) atoms. The van der Waals surface area contributed by atoms with Gasteiger partial charge in [-0.3, -0.25) is 14.4 Å². The van der Waals surface area contributed by atoms with Crippen LogP contribution in [-0.4, -0.2) is 76.3 Å². The van der Waals surface area contributed by atoms with E-state index in [9.17, 15) is 4.79 Å². The van der Waals surface area contributed by atoms with E-state index in [1.165, 1.54) is 17.9 Å². The molecule has 1 aromatic heterocycles. The molecule has 6 nitrogen and oxygen atoms in total. The fourth-order valence-electron chi connectivity index (χ4n) is 3.25. The average molecular weight is 324 g/mol. The average Bonchev–Trinajstić information content (AvgIpc) is 3.11. The molecule has 2 aliphatic rings. The fraction of sp³-hybridized carbons (Fsp3) is 0.733. The highest BCUT2D eigenvalue weighted by Gasteiger charge is 2.28. The molecule has 2 aliphatic heterocycles. The molecule has 1 atom stereocenters. The number of nitrogens with zero attached hydrogens (tertiary/aromatic N) is 4. The van der Waals surface area contributed by atoms with Crippen molar-refractivity contribution < 1.29 is 9.53 Å². The van der Waals surface area contributed by atoms with E-state index in [1.54, 1.807) is 25.0 Å². The molecule has 2 fully saturated rings. The van der Waals surface area contributed by atoms with Gasteiger partial charge in [-0.2, -0.15) is 11.8 Å². The third-order valence-corrected chi connectivity index (χ3v) is 5.60. The monoisotopic (exact) mass is 324 g/mol. The van der Waals surface area contributed by atoms with Gasteiger partial charge in [0.25, 0.3) is 5.91 Å². The van der Waals surface area contributed by atoms with Crippen LogP contribution in [0.3, 0.4) is 0 Å². The lowest BCUT2D eigenvalue weighted by Crippen LogP contribution is -2.39. The maximum absolute atomic E-state index is 12.7. The summed E-state index contributed by atoms with van der Waals surface area (Å²) in [5, 5.41) is 4.18. The molecule has 0 aliphatic carbocycles. The van der Waals surface area contributed by atoms with Crippen molar-refractivity contribution in [1.82, 2.24) is 19.6 Å². The summed E-state index contributed by atoms with van der Waals surface area (Å²) in [5.74, 6) is 2.97. The number of hydrogen-bond donors (Lipinski definition) is 0. The largest absolute Gasteiger partial charge is 0.479 e. The second-order valence-corrected chi connectivity index (χ2v) is 7.07. The highest BCUT2D eigenvalue weighted by atomic mass is 32.2. The Bertz CT molecular complexity index is 528. The summed E-state index contributed by atoms with van der Waals surface area (Å²) >= 11 is 2.04. The van der Waals surface area contributed by atoms with Crippen molar-refractivity contribution in [1.29, 1.82) is 0 Å². The molecule has 0 spiro atoms. The molecule has 122 valence electrons. The number of ether oxygens (including phenoxy) is 1. The Hall–Kier alpha value is -1.21. The van der Waals surface area contributed by atoms with Crippen LogP contribution in [0.4, 0.5) is 0 Å². The molecule has 2 saturated heterocycles. The van der Waals surface area contributed by atoms with E-state index in [0.29, 0.717) is 17.5 Å². The topological polar surface area (TPSA) is 50.6 Å². The maximum atomic E-state index is 12.7. The van der Waals surface area contributed by atoms with Crippen LogP contribution in [0.15, 0.2) is 6.20 Å². The van der Waals surface area contributed by atoms with Crippen LogP contribution in [-0.2, 0) is 7.05 Å². The highest BCUT2D eigenvalue weighted by Crippen LogP contribution is 2.24. The summed E-state index contributed by atoms with van der Waals surface area (Å²) in [5.41, 5.74) is 0.565. The van der Waals surface area contributed by atoms with E-state index in [2.05, 4.69) is 10.00 Å². The van der Waals surface area contributed by atoms with Gasteiger partial charge in [-0.15, -0.1) is 5.10 Å². The molecular formula is C15H24N4O2S. The van der Waals surface area contributed by atoms with Crippen LogP contribution in [0.1, 0.15) is 23.2 Å². The maximum Gasteiger partial charge on any atom is 0.261 e. The first-order valence-corrected chi connectivity index (χ1v) is 9.03. The molecule has 1 amide bonds. The first kappa shape index (κ1) is 15.7. The lowest BCUT2D eigenvalue weighted by Gasteiger charge is -2.26. The normalized spacial score (nSPS) is 23.5. The van der Waals surface area contributed by atoms with E-state index in [-0.39, 0.29) is 5.91 Å². The number of carbonyl (C=O) groups is 1. The predicted octanol–water partition coefficient (Wildman–Crippen LogP) is 1.08. The van der Waals surface area contributed by atoms with Gasteiger partial charge in [-0.25, -0.2) is 0 Å². The number of amides is 1. The summed E-state index contributed by atoms with van der Waals surface area (Å²) in [6.07, 6.45) is 4.07. The first-order valence-electron chi connectivity index (χ1n) is 7.87. The summed E-state index contributed by atoms with van der Waals surface area (Å²) < 4.78 is 6.85. The minimum atomic E-state index is 0.0348. The minimum Gasteiger partial charge on any atom is -0.479 e. The third-order valence-electron chi connectivity index (χ3n) is 4.46. The van der Waals surface area contributed by atoms with E-state index in [4.69, 9.17) is 4.74 Å². The van der Waals surface area contributed by atoms with Crippen LogP contribution in [0.5, 0.6) is 5.88 Å². The van der Waals surface area contributed by atoms with Crippen molar-refractivity contribution in [2.75, 3.05) is 44.8 Å². The van der Waals surface area contributed by atoms with Gasteiger partial charge in [0.1, 0.15) is 5.56 Å². The number of carbonyl (C=O) groups excluding carboxylic acids is 1. The van der Waals surface area contributed by atoms with E-state index in [1.807, 2.05) is 16.7 Å². The minimum absolute atomic E-state index is 0.0348. The molecular weight excluding hydrogens is 300 g/mol. The van der Waals surface area contributed by atoms with E-state index >= 15 is 0 Å². The van der Waals surface area contributed by atoms with Gasteiger partial charge < -0.3 is 9.64 Å². The number of hydrogen-bond acceptors (Lipinski definition) is 5. The zero-order chi connectivity index (χ0) is 15.5. The summed E-state index contributed by atoms with van der Waals surface area (Å²) in [6, 6.07) is 0.702. The zero-order valence-electron chi connectivity index (χ0n) is 13.3. The van der Waals surface area contributed by atoms with Gasteiger partial charge in [-0.05, 0) is 18.6 Å². The molecule has 0 radical (unpaired) electrons. The summed E-state index contributed by atoms with van der Waals surface area (Å²) in [7, 11) is 3.36. The van der Waals surface area contributed by atoms with Crippen molar-refractivity contribution in [3.8, 4) is 5.88 Å². The molecule has 1 unspecified atom stereocenters. The second-order valence-electron chi connectivity index (χ2n) is 5.92. The van der Waals surface area contributed by atoms with Crippen LogP contribution in [0, 0.1) is 0 Å². The molecule has 1 aromatic rings. The van der Waals surface area contributed by atoms with Crippen LogP contribution in [0.25, 0.3) is 0 Å². The van der Waals surface area contributed by atoms with Gasteiger partial charge in [0.05, 0.1) is 7.11 Å². The Balaban J connectivity index is 1.66. The molecule has 0 aromatic carbocycles. The fourth-order valence-corrected chi connectivity index (χ4v) is 4.51. The number of thioether (sulfide) groups is 1. The third kappa shape index (κ3) is 3.25. The Morgan fingerprint density at radius 3 is 2.95 bits per heavy atom. The van der Waals surface area contributed by atoms with Crippen molar-refractivity contribution in [2.45, 2.75) is 18.9 Å². The lowest BCUT2D eigenvalue weighted by molar-refractivity contribution is 0.0755. The van der Waals surface area contributed by atoms with E-state index in [0.717, 1.165) is 32.6 Å². The smallest absolute Gasteiger partial charge is 0.261 e. The van der Waals surface area contributed by atoms with Crippen LogP contribution in [0.2, 0.25) is 0 Å². The molecule has 3 heterocycles. The van der Waals surface area contributed by atoms with Gasteiger partial charge in [0.15, 0.2) is 0 Å². The molecule has 3 rings (SSSR count). The molecule has 7 heteroatoms. The number of methoxy groups -OCH3 is 1. The van der Waals surface area contributed by atoms with Gasteiger partial charge >= 0.3 is 0 Å². The SMILES string of the molecule is COc1nn(C)cc1C(=O)N1CCCN(C2CCSC2)CC1. The molecule has 0 N–H and O–H groups in total. The van der Waals surface area contributed by atoms with Gasteiger partial charge in [0.2, 0.25) is 5.88 Å². The summed E-state index contributed by atoms with van der Waals surface area (Å²) in [6.45, 7) is 3.67. The van der Waals surface area contributed by atoms with Crippen LogP contribution >= 0.6 is 11.8 Å². The van der Waals surface area contributed by atoms with Crippen molar-refractivity contribution >= 4 is 17.7 Å². The predicted molar refractivity (Wildman–Crippen MR) is 87.6 cm³/mol. The summed E-state index contributed by atoms with van der Waals surface area (Å²) in [4.78, 5) is 17.3. The second kappa shape index (κ2) is 6.91. The quantitative estimate of drug-likeness (QED) is 0.833. The van der Waals surface area contributed by atoms with Crippen LogP contribution < -0.4 is 4.74 Å². The molecule has 0 saturated carbocycles. The Morgan fingerprint density at radius 2 is 2.23 bits per heavy atom. The number of aryl methyl sites for hydroxylation is 1.